The van der Waals surface area contributed by atoms with Gasteiger partial charge in [0.2, 0.25) is 0 Å². The van der Waals surface area contributed by atoms with Gasteiger partial charge in [0.25, 0.3) is 0 Å². The van der Waals surface area contributed by atoms with Gasteiger partial charge in [0.1, 0.15) is 0 Å². The second-order valence-electron chi connectivity index (χ2n) is 4.09. The average Bonchev–Trinajstić information content (AvgIpc) is 3.02. The Morgan fingerprint density at radius 2 is 1.74 bits per heavy atom. The molecule has 4 heteroatoms. The van der Waals surface area contributed by atoms with Gasteiger partial charge in [-0.25, -0.2) is 0 Å². The van der Waals surface area contributed by atoms with Gasteiger partial charge in [-0.05, 0) is 23.8 Å². The molecule has 4 nitrogen and oxygen atoms in total. The van der Waals surface area contributed by atoms with E-state index in [-0.39, 0.29) is 0 Å². The quantitative estimate of drug-likeness (QED) is 0.755. The van der Waals surface area contributed by atoms with Crippen LogP contribution in [0.25, 0.3) is 22.5 Å². The van der Waals surface area contributed by atoms with Crippen LogP contribution in [0.5, 0.6) is 0 Å². The molecule has 0 aliphatic carbocycles. The lowest BCUT2D eigenvalue weighted by Crippen LogP contribution is -1.85. The first-order valence-electron chi connectivity index (χ1n) is 5.83. The molecule has 90 valence electrons. The maximum absolute atomic E-state index is 8.89. The second kappa shape index (κ2) is 4.75. The van der Waals surface area contributed by atoms with E-state index in [0.717, 1.165) is 22.5 Å². The first kappa shape index (κ1) is 11.2. The van der Waals surface area contributed by atoms with Gasteiger partial charge in [-0.1, -0.05) is 24.3 Å². The average molecular weight is 246 g/mol. The summed E-state index contributed by atoms with van der Waals surface area (Å²) in [6.07, 6.45) is 3.37. The summed E-state index contributed by atoms with van der Waals surface area (Å²) in [5.41, 5.74) is 4.45. The standard InChI is InChI=1S/C15H10N4/c16-10-11-5-7-17-15(9-11)13-3-1-12(2-4-13)14-6-8-18-19-14/h1-9H,(H,18,19). The van der Waals surface area contributed by atoms with Gasteiger partial charge in [-0.3, -0.25) is 10.1 Å². The van der Waals surface area contributed by atoms with Crippen molar-refractivity contribution >= 4 is 0 Å². The lowest BCUT2D eigenvalue weighted by Gasteiger charge is -2.02. The van der Waals surface area contributed by atoms with Crippen molar-refractivity contribution in [3.05, 3.63) is 60.4 Å². The van der Waals surface area contributed by atoms with Crippen LogP contribution in [0.3, 0.4) is 0 Å². The molecule has 1 aromatic carbocycles. The Balaban J connectivity index is 1.96. The summed E-state index contributed by atoms with van der Waals surface area (Å²) in [7, 11) is 0. The molecule has 3 rings (SSSR count). The lowest BCUT2D eigenvalue weighted by atomic mass is 10.1. The normalized spacial score (nSPS) is 10.1. The zero-order valence-corrected chi connectivity index (χ0v) is 10.0. The summed E-state index contributed by atoms with van der Waals surface area (Å²) >= 11 is 0. The van der Waals surface area contributed by atoms with E-state index in [0.29, 0.717) is 5.56 Å². The van der Waals surface area contributed by atoms with E-state index in [9.17, 15) is 0 Å². The number of aromatic amines is 1. The minimum atomic E-state index is 0.614. The number of H-pyrrole nitrogens is 1. The first-order chi connectivity index (χ1) is 9.36. The van der Waals surface area contributed by atoms with Gasteiger partial charge < -0.3 is 0 Å². The van der Waals surface area contributed by atoms with Crippen molar-refractivity contribution in [2.45, 2.75) is 0 Å². The molecule has 0 saturated heterocycles. The van der Waals surface area contributed by atoms with E-state index >= 15 is 0 Å². The minimum Gasteiger partial charge on any atom is -0.278 e. The largest absolute Gasteiger partial charge is 0.278 e. The topological polar surface area (TPSA) is 65.4 Å². The third-order valence-electron chi connectivity index (χ3n) is 2.88. The molecule has 1 N–H and O–H groups in total. The van der Waals surface area contributed by atoms with Crippen LogP contribution in [-0.2, 0) is 0 Å². The maximum atomic E-state index is 8.89. The number of pyridine rings is 1. The SMILES string of the molecule is N#Cc1ccnc(-c2ccc(-c3ccn[nH]3)cc2)c1. The van der Waals surface area contributed by atoms with Crippen LogP contribution in [-0.4, -0.2) is 15.2 Å². The highest BCUT2D eigenvalue weighted by atomic mass is 15.1. The van der Waals surface area contributed by atoms with E-state index in [1.165, 1.54) is 0 Å². The Kier molecular flexibility index (Phi) is 2.79. The fourth-order valence-electron chi connectivity index (χ4n) is 1.90. The minimum absolute atomic E-state index is 0.614. The molecule has 19 heavy (non-hydrogen) atoms. The van der Waals surface area contributed by atoms with Gasteiger partial charge in [-0.15, -0.1) is 0 Å². The molecule has 0 bridgehead atoms. The molecular formula is C15H10N4. The molecule has 0 aliphatic rings. The van der Waals surface area contributed by atoms with Crippen molar-refractivity contribution in [2.24, 2.45) is 0 Å². The summed E-state index contributed by atoms with van der Waals surface area (Å²) in [5, 5.41) is 15.7. The Hall–Kier alpha value is -2.93. The van der Waals surface area contributed by atoms with E-state index in [2.05, 4.69) is 21.3 Å². The van der Waals surface area contributed by atoms with Crippen molar-refractivity contribution in [1.82, 2.24) is 15.2 Å². The summed E-state index contributed by atoms with van der Waals surface area (Å²) in [6, 6.07) is 15.5. The molecule has 3 aromatic rings. The van der Waals surface area contributed by atoms with Gasteiger partial charge in [-0.2, -0.15) is 10.4 Å². The number of hydrogen-bond donors (Lipinski definition) is 1. The molecule has 0 aliphatic heterocycles. The van der Waals surface area contributed by atoms with E-state index in [1.807, 2.05) is 30.3 Å². The van der Waals surface area contributed by atoms with E-state index in [1.54, 1.807) is 24.5 Å². The van der Waals surface area contributed by atoms with E-state index < -0.39 is 0 Å². The van der Waals surface area contributed by atoms with E-state index in [4.69, 9.17) is 5.26 Å². The van der Waals surface area contributed by atoms with Crippen LogP contribution < -0.4 is 0 Å². The number of rotatable bonds is 2. The molecule has 0 fully saturated rings. The van der Waals surface area contributed by atoms with Crippen molar-refractivity contribution in [3.8, 4) is 28.6 Å². The van der Waals surface area contributed by atoms with Gasteiger partial charge in [0.15, 0.2) is 0 Å². The number of aromatic nitrogens is 3. The summed E-state index contributed by atoms with van der Waals surface area (Å²) in [4.78, 5) is 4.28. The van der Waals surface area contributed by atoms with Crippen molar-refractivity contribution in [2.75, 3.05) is 0 Å². The van der Waals surface area contributed by atoms with Crippen LogP contribution in [0, 0.1) is 11.3 Å². The molecule has 0 unspecified atom stereocenters. The molecule has 2 aromatic heterocycles. The Labute approximate surface area is 110 Å². The zero-order chi connectivity index (χ0) is 13.1. The fraction of sp³-hybridized carbons (Fsp3) is 0. The third-order valence-corrected chi connectivity index (χ3v) is 2.88. The second-order valence-corrected chi connectivity index (χ2v) is 4.09. The first-order valence-corrected chi connectivity index (χ1v) is 5.83. The predicted molar refractivity (Wildman–Crippen MR) is 72.0 cm³/mol. The Morgan fingerprint density at radius 1 is 0.947 bits per heavy atom. The van der Waals surface area contributed by atoms with Crippen LogP contribution in [0.15, 0.2) is 54.9 Å². The molecule has 0 atom stereocenters. The monoisotopic (exact) mass is 246 g/mol. The zero-order valence-electron chi connectivity index (χ0n) is 10.0. The molecule has 2 heterocycles. The van der Waals surface area contributed by atoms with Crippen LogP contribution in [0.1, 0.15) is 5.56 Å². The van der Waals surface area contributed by atoms with Gasteiger partial charge in [0.05, 0.1) is 23.0 Å². The Bertz CT molecular complexity index is 722. The molecule has 0 spiro atoms. The fourth-order valence-corrected chi connectivity index (χ4v) is 1.90. The highest BCUT2D eigenvalue weighted by molar-refractivity contribution is 5.67. The highest BCUT2D eigenvalue weighted by Crippen LogP contribution is 2.22. The third kappa shape index (κ3) is 2.22. The molecular weight excluding hydrogens is 236 g/mol. The number of nitriles is 1. The highest BCUT2D eigenvalue weighted by Gasteiger charge is 2.02. The number of nitrogens with one attached hydrogen (secondary N) is 1. The Morgan fingerprint density at radius 3 is 2.42 bits per heavy atom. The number of hydrogen-bond acceptors (Lipinski definition) is 3. The lowest BCUT2D eigenvalue weighted by molar-refractivity contribution is 1.10. The van der Waals surface area contributed by atoms with Crippen molar-refractivity contribution in [1.29, 1.82) is 5.26 Å². The predicted octanol–water partition coefficient (Wildman–Crippen LogP) is 3.01. The molecule has 0 radical (unpaired) electrons. The van der Waals surface area contributed by atoms with Gasteiger partial charge >= 0.3 is 0 Å². The maximum Gasteiger partial charge on any atom is 0.0992 e. The van der Waals surface area contributed by atoms with Crippen LogP contribution in [0.2, 0.25) is 0 Å². The summed E-state index contributed by atoms with van der Waals surface area (Å²) in [6.45, 7) is 0. The summed E-state index contributed by atoms with van der Waals surface area (Å²) in [5.74, 6) is 0. The van der Waals surface area contributed by atoms with Crippen molar-refractivity contribution < 1.29 is 0 Å². The number of benzene rings is 1. The molecule has 0 amide bonds. The van der Waals surface area contributed by atoms with Crippen LogP contribution >= 0.6 is 0 Å². The summed E-state index contributed by atoms with van der Waals surface area (Å²) < 4.78 is 0. The van der Waals surface area contributed by atoms with Crippen LogP contribution in [0.4, 0.5) is 0 Å². The number of nitrogens with zero attached hydrogens (tertiary/aromatic N) is 3. The molecule has 0 saturated carbocycles. The van der Waals surface area contributed by atoms with Gasteiger partial charge in [0, 0.05) is 18.0 Å². The van der Waals surface area contributed by atoms with Crippen molar-refractivity contribution in [3.63, 3.8) is 0 Å². The smallest absolute Gasteiger partial charge is 0.0992 e.